The third-order valence-corrected chi connectivity index (χ3v) is 6.95. The Balaban J connectivity index is 1.52. The molecule has 4 atom stereocenters. The van der Waals surface area contributed by atoms with Crippen LogP contribution in [0.5, 0.6) is 0 Å². The van der Waals surface area contributed by atoms with Gasteiger partial charge in [-0.1, -0.05) is 18.6 Å². The molecule has 1 aromatic rings. The van der Waals surface area contributed by atoms with Crippen molar-refractivity contribution in [3.05, 3.63) is 35.6 Å². The number of hydrogen-bond acceptors (Lipinski definition) is 3. The van der Waals surface area contributed by atoms with Crippen molar-refractivity contribution < 1.29 is 17.6 Å². The summed E-state index contributed by atoms with van der Waals surface area (Å²) in [6.45, 7) is 1.98. The summed E-state index contributed by atoms with van der Waals surface area (Å²) in [6, 6.07) is 5.34. The minimum Gasteiger partial charge on any atom is -0.352 e. The van der Waals surface area contributed by atoms with Crippen LogP contribution >= 0.6 is 0 Å². The van der Waals surface area contributed by atoms with Gasteiger partial charge in [0, 0.05) is 6.04 Å². The Bertz CT molecular complexity index is 701. The fourth-order valence-electron chi connectivity index (χ4n) is 4.39. The van der Waals surface area contributed by atoms with Crippen LogP contribution in [-0.2, 0) is 20.4 Å². The van der Waals surface area contributed by atoms with Crippen molar-refractivity contribution in [3.63, 3.8) is 0 Å². The topological polar surface area (TPSA) is 63.2 Å². The molecule has 2 aliphatic rings. The average Bonchev–Trinajstić information content (AvgIpc) is 3.11. The first-order valence-electron chi connectivity index (χ1n) is 8.56. The molecule has 3 rings (SSSR count). The summed E-state index contributed by atoms with van der Waals surface area (Å²) in [5.41, 5.74) is 0.491. The van der Waals surface area contributed by atoms with Gasteiger partial charge in [-0.3, -0.25) is 4.79 Å². The normalized spacial score (nSPS) is 27.2. The van der Waals surface area contributed by atoms with Gasteiger partial charge in [-0.05, 0) is 61.6 Å². The number of nitrogens with one attached hydrogen (secondary N) is 1. The predicted molar refractivity (Wildman–Crippen MR) is 90.4 cm³/mol. The minimum absolute atomic E-state index is 0.0221. The van der Waals surface area contributed by atoms with E-state index in [0.29, 0.717) is 17.4 Å². The number of benzene rings is 1. The molecule has 0 saturated heterocycles. The van der Waals surface area contributed by atoms with E-state index in [1.807, 2.05) is 6.92 Å². The lowest BCUT2D eigenvalue weighted by atomic mass is 9.84. The van der Waals surface area contributed by atoms with Gasteiger partial charge in [-0.2, -0.15) is 0 Å². The molecule has 132 valence electrons. The monoisotopic (exact) mass is 353 g/mol. The van der Waals surface area contributed by atoms with Crippen molar-refractivity contribution >= 4 is 15.7 Å². The molecule has 1 N–H and O–H groups in total. The van der Waals surface area contributed by atoms with Crippen LogP contribution in [0.15, 0.2) is 24.3 Å². The highest BCUT2D eigenvalue weighted by molar-refractivity contribution is 7.91. The summed E-state index contributed by atoms with van der Waals surface area (Å²) in [6.07, 6.45) is 4.94. The molecule has 0 aromatic heterocycles. The van der Waals surface area contributed by atoms with Gasteiger partial charge in [0.15, 0.2) is 9.84 Å². The van der Waals surface area contributed by atoms with E-state index in [1.165, 1.54) is 43.5 Å². The highest BCUT2D eigenvalue weighted by Gasteiger charge is 2.42. The average molecular weight is 353 g/mol. The Kier molecular flexibility index (Phi) is 4.95. The lowest BCUT2D eigenvalue weighted by Crippen LogP contribution is -2.42. The van der Waals surface area contributed by atoms with Crippen LogP contribution in [0.3, 0.4) is 0 Å². The van der Waals surface area contributed by atoms with Gasteiger partial charge in [0.25, 0.3) is 0 Å². The Hall–Kier alpha value is -1.43. The largest absolute Gasteiger partial charge is 0.352 e. The molecule has 4 unspecified atom stereocenters. The Labute approximate surface area is 142 Å². The van der Waals surface area contributed by atoms with Gasteiger partial charge in [0.05, 0.1) is 5.75 Å². The number of rotatable bonds is 6. The van der Waals surface area contributed by atoms with E-state index < -0.39 is 27.3 Å². The highest BCUT2D eigenvalue weighted by atomic mass is 32.2. The first-order valence-corrected chi connectivity index (χ1v) is 10.4. The Morgan fingerprint density at radius 3 is 2.54 bits per heavy atom. The number of carbonyl (C=O) groups excluding carboxylic acids is 1. The summed E-state index contributed by atoms with van der Waals surface area (Å²) in [4.78, 5) is 12.1. The predicted octanol–water partition coefficient (Wildman–Crippen LogP) is 2.68. The van der Waals surface area contributed by atoms with Gasteiger partial charge in [-0.15, -0.1) is 0 Å². The maximum Gasteiger partial charge on any atom is 0.235 e. The number of hydrogen-bond donors (Lipinski definition) is 1. The molecule has 2 bridgehead atoms. The first kappa shape index (κ1) is 17.4. The van der Waals surface area contributed by atoms with Gasteiger partial charge in [-0.25, -0.2) is 12.8 Å². The van der Waals surface area contributed by atoms with Crippen molar-refractivity contribution in [1.82, 2.24) is 5.32 Å². The minimum atomic E-state index is -3.56. The zero-order valence-corrected chi connectivity index (χ0v) is 14.7. The fourth-order valence-corrected chi connectivity index (χ4v) is 5.68. The SMILES string of the molecule is CC(NC(=O)CS(=O)(=O)Cc1ccc(F)cc1)C1CC2CCC1C2. The second kappa shape index (κ2) is 6.82. The van der Waals surface area contributed by atoms with E-state index in [0.717, 1.165) is 12.3 Å². The van der Waals surface area contributed by atoms with Crippen LogP contribution in [0.2, 0.25) is 0 Å². The van der Waals surface area contributed by atoms with Gasteiger partial charge in [0.2, 0.25) is 5.91 Å². The molecule has 2 aliphatic carbocycles. The lowest BCUT2D eigenvalue weighted by molar-refractivity contribution is -0.119. The zero-order valence-electron chi connectivity index (χ0n) is 13.9. The molecule has 24 heavy (non-hydrogen) atoms. The van der Waals surface area contributed by atoms with Crippen molar-refractivity contribution in [2.75, 3.05) is 5.75 Å². The molecule has 6 heteroatoms. The van der Waals surface area contributed by atoms with Crippen LogP contribution in [-0.4, -0.2) is 26.1 Å². The molecule has 1 amide bonds. The Morgan fingerprint density at radius 2 is 1.96 bits per heavy atom. The summed E-state index contributed by atoms with van der Waals surface area (Å²) in [7, 11) is -3.56. The molecule has 2 saturated carbocycles. The molecule has 0 radical (unpaired) electrons. The second-order valence-electron chi connectivity index (χ2n) is 7.35. The van der Waals surface area contributed by atoms with Crippen LogP contribution < -0.4 is 5.32 Å². The quantitative estimate of drug-likeness (QED) is 0.855. The van der Waals surface area contributed by atoms with E-state index in [-0.39, 0.29) is 11.8 Å². The second-order valence-corrected chi connectivity index (χ2v) is 9.42. The number of fused-ring (bicyclic) bond motifs is 2. The molecule has 0 heterocycles. The highest BCUT2D eigenvalue weighted by Crippen LogP contribution is 2.49. The third kappa shape index (κ3) is 4.15. The summed E-state index contributed by atoms with van der Waals surface area (Å²) < 4.78 is 37.2. The van der Waals surface area contributed by atoms with Crippen molar-refractivity contribution in [3.8, 4) is 0 Å². The van der Waals surface area contributed by atoms with Gasteiger partial charge >= 0.3 is 0 Å². The summed E-state index contributed by atoms with van der Waals surface area (Å²) >= 11 is 0. The van der Waals surface area contributed by atoms with Crippen LogP contribution in [0.1, 0.15) is 38.2 Å². The fraction of sp³-hybridized carbons (Fsp3) is 0.611. The van der Waals surface area contributed by atoms with E-state index in [1.54, 1.807) is 0 Å². The maximum absolute atomic E-state index is 12.9. The van der Waals surface area contributed by atoms with Crippen LogP contribution in [0, 0.1) is 23.6 Å². The van der Waals surface area contributed by atoms with Crippen molar-refractivity contribution in [1.29, 1.82) is 0 Å². The number of amides is 1. The molecular weight excluding hydrogens is 329 g/mol. The van der Waals surface area contributed by atoms with Crippen molar-refractivity contribution in [2.24, 2.45) is 17.8 Å². The smallest absolute Gasteiger partial charge is 0.235 e. The third-order valence-electron chi connectivity index (χ3n) is 5.47. The zero-order chi connectivity index (χ0) is 17.3. The van der Waals surface area contributed by atoms with E-state index in [9.17, 15) is 17.6 Å². The van der Waals surface area contributed by atoms with Crippen LogP contribution in [0.4, 0.5) is 4.39 Å². The van der Waals surface area contributed by atoms with Gasteiger partial charge < -0.3 is 5.32 Å². The molecule has 0 spiro atoms. The number of halogens is 1. The lowest BCUT2D eigenvalue weighted by Gasteiger charge is -2.28. The molecule has 1 aromatic carbocycles. The Morgan fingerprint density at radius 1 is 1.25 bits per heavy atom. The van der Waals surface area contributed by atoms with E-state index in [2.05, 4.69) is 5.32 Å². The molecular formula is C18H24FNO3S. The maximum atomic E-state index is 12.9. The summed E-state index contributed by atoms with van der Waals surface area (Å²) in [5.74, 6) is 0.342. The molecule has 2 fully saturated rings. The standard InChI is InChI=1S/C18H24FNO3S/c1-12(17-9-14-2-5-15(17)8-14)20-18(21)11-24(22,23)10-13-3-6-16(19)7-4-13/h3-4,6-7,12,14-15,17H,2,5,8-11H2,1H3,(H,20,21). The molecule has 4 nitrogen and oxygen atoms in total. The first-order chi connectivity index (χ1) is 11.3. The summed E-state index contributed by atoms with van der Waals surface area (Å²) in [5, 5.41) is 2.88. The van der Waals surface area contributed by atoms with Gasteiger partial charge in [0.1, 0.15) is 11.6 Å². The van der Waals surface area contributed by atoms with Crippen LogP contribution in [0.25, 0.3) is 0 Å². The van der Waals surface area contributed by atoms with E-state index >= 15 is 0 Å². The number of carbonyl (C=O) groups is 1. The van der Waals surface area contributed by atoms with E-state index in [4.69, 9.17) is 0 Å². The molecule has 0 aliphatic heterocycles. The number of sulfone groups is 1. The van der Waals surface area contributed by atoms with Crippen molar-refractivity contribution in [2.45, 2.75) is 44.4 Å².